The minimum atomic E-state index is -0.279. The van der Waals surface area contributed by atoms with Gasteiger partial charge in [-0.2, -0.15) is 0 Å². The third-order valence-corrected chi connectivity index (χ3v) is 3.99. The molecule has 0 atom stereocenters. The Morgan fingerprint density at radius 1 is 1.08 bits per heavy atom. The van der Waals surface area contributed by atoms with Crippen LogP contribution < -0.4 is 5.32 Å². The maximum atomic E-state index is 12.4. The maximum absolute atomic E-state index is 12.4. The van der Waals surface area contributed by atoms with E-state index < -0.39 is 0 Å². The summed E-state index contributed by atoms with van der Waals surface area (Å²) >= 11 is 0. The third kappa shape index (κ3) is 2.89. The van der Waals surface area contributed by atoms with Crippen LogP contribution in [0, 0.1) is 13.8 Å². The minimum absolute atomic E-state index is 0.279. The second-order valence-corrected chi connectivity index (χ2v) is 5.94. The zero-order valence-corrected chi connectivity index (χ0v) is 13.9. The maximum Gasteiger partial charge on any atom is 0.291 e. The van der Waals surface area contributed by atoms with Crippen molar-refractivity contribution in [2.75, 3.05) is 5.32 Å². The largest absolute Gasteiger partial charge is 0.451 e. The Labute approximate surface area is 144 Å². The second kappa shape index (κ2) is 5.90. The topological polar surface area (TPSA) is 73.0 Å². The molecule has 4 rings (SSSR count). The highest BCUT2D eigenvalue weighted by molar-refractivity contribution is 6.04. The van der Waals surface area contributed by atoms with Crippen molar-refractivity contribution < 1.29 is 9.21 Å². The summed E-state index contributed by atoms with van der Waals surface area (Å²) in [4.78, 5) is 12.4. The van der Waals surface area contributed by atoms with E-state index in [1.807, 2.05) is 56.3 Å². The molecule has 1 N–H and O–H groups in total. The highest BCUT2D eigenvalue weighted by Crippen LogP contribution is 2.22. The van der Waals surface area contributed by atoms with Crippen molar-refractivity contribution in [1.29, 1.82) is 0 Å². The average molecular weight is 332 g/mol. The molecule has 124 valence electrons. The van der Waals surface area contributed by atoms with E-state index in [0.29, 0.717) is 11.3 Å². The predicted molar refractivity (Wildman–Crippen MR) is 95.0 cm³/mol. The van der Waals surface area contributed by atoms with Gasteiger partial charge in [-0.05, 0) is 56.3 Å². The molecular formula is C19H16N4O2. The predicted octanol–water partition coefficient (Wildman–Crippen LogP) is 3.88. The Morgan fingerprint density at radius 2 is 1.88 bits per heavy atom. The van der Waals surface area contributed by atoms with Crippen molar-refractivity contribution in [2.24, 2.45) is 0 Å². The van der Waals surface area contributed by atoms with Crippen LogP contribution in [0.2, 0.25) is 0 Å². The normalized spacial score (nSPS) is 11.0. The highest BCUT2D eigenvalue weighted by Gasteiger charge is 2.13. The summed E-state index contributed by atoms with van der Waals surface area (Å²) in [5, 5.41) is 11.6. The summed E-state index contributed by atoms with van der Waals surface area (Å²) in [5.41, 5.74) is 4.33. The molecule has 0 aliphatic rings. The smallest absolute Gasteiger partial charge is 0.291 e. The quantitative estimate of drug-likeness (QED) is 0.618. The first-order valence-corrected chi connectivity index (χ1v) is 7.89. The fourth-order valence-corrected chi connectivity index (χ4v) is 2.69. The Bertz CT molecular complexity index is 1060. The molecule has 2 aromatic heterocycles. The molecular weight excluding hydrogens is 316 g/mol. The number of fused-ring (bicyclic) bond motifs is 1. The zero-order valence-electron chi connectivity index (χ0n) is 13.9. The molecule has 0 aliphatic heterocycles. The van der Waals surface area contributed by atoms with Crippen molar-refractivity contribution in [1.82, 2.24) is 15.0 Å². The number of carbonyl (C=O) groups is 1. The molecule has 0 fully saturated rings. The molecule has 1 amide bonds. The molecule has 6 nitrogen and oxygen atoms in total. The monoisotopic (exact) mass is 332 g/mol. The van der Waals surface area contributed by atoms with E-state index in [9.17, 15) is 4.79 Å². The SMILES string of the molecule is Cc1ccc2oc(C(=O)Nc3ccc(-n4nncc4C)cc3)cc2c1. The number of carbonyl (C=O) groups excluding carboxylic acids is 1. The van der Waals surface area contributed by atoms with Crippen LogP contribution in [0.25, 0.3) is 16.7 Å². The van der Waals surface area contributed by atoms with Gasteiger partial charge >= 0.3 is 0 Å². The molecule has 2 aromatic carbocycles. The standard InChI is InChI=1S/C19H16N4O2/c1-12-3-8-17-14(9-12)10-18(25-17)19(24)21-15-4-6-16(7-5-15)23-13(2)11-20-22-23/h3-11H,1-2H3,(H,21,24). The highest BCUT2D eigenvalue weighted by atomic mass is 16.3. The third-order valence-electron chi connectivity index (χ3n) is 3.99. The number of furan rings is 1. The van der Waals surface area contributed by atoms with Crippen LogP contribution in [-0.2, 0) is 0 Å². The number of aryl methyl sites for hydroxylation is 2. The lowest BCUT2D eigenvalue weighted by molar-refractivity contribution is 0.0998. The Hall–Kier alpha value is -3.41. The second-order valence-electron chi connectivity index (χ2n) is 5.94. The van der Waals surface area contributed by atoms with Crippen LogP contribution in [0.5, 0.6) is 0 Å². The first-order chi connectivity index (χ1) is 12.1. The van der Waals surface area contributed by atoms with E-state index >= 15 is 0 Å². The number of nitrogens with zero attached hydrogens (tertiary/aromatic N) is 3. The van der Waals surface area contributed by atoms with Crippen LogP contribution in [-0.4, -0.2) is 20.9 Å². The van der Waals surface area contributed by atoms with Gasteiger partial charge in [0.15, 0.2) is 5.76 Å². The number of benzene rings is 2. The average Bonchev–Trinajstić information content (AvgIpc) is 3.21. The molecule has 0 saturated carbocycles. The number of nitrogens with one attached hydrogen (secondary N) is 1. The van der Waals surface area contributed by atoms with Crippen LogP contribution in [0.4, 0.5) is 5.69 Å². The summed E-state index contributed by atoms with van der Waals surface area (Å²) < 4.78 is 7.35. The lowest BCUT2D eigenvalue weighted by Crippen LogP contribution is -2.10. The van der Waals surface area contributed by atoms with Gasteiger partial charge in [-0.15, -0.1) is 5.10 Å². The van der Waals surface area contributed by atoms with Gasteiger partial charge in [0.25, 0.3) is 5.91 Å². The Kier molecular flexibility index (Phi) is 3.57. The first-order valence-electron chi connectivity index (χ1n) is 7.89. The minimum Gasteiger partial charge on any atom is -0.451 e. The van der Waals surface area contributed by atoms with Crippen LogP contribution in [0.15, 0.2) is 59.1 Å². The molecule has 2 heterocycles. The molecule has 0 spiro atoms. The van der Waals surface area contributed by atoms with E-state index in [1.54, 1.807) is 16.9 Å². The fourth-order valence-electron chi connectivity index (χ4n) is 2.69. The van der Waals surface area contributed by atoms with Gasteiger partial charge in [0, 0.05) is 11.1 Å². The summed E-state index contributed by atoms with van der Waals surface area (Å²) in [6, 6.07) is 15.0. The summed E-state index contributed by atoms with van der Waals surface area (Å²) in [6.45, 7) is 3.93. The number of aromatic nitrogens is 3. The lowest BCUT2D eigenvalue weighted by Gasteiger charge is -2.06. The molecule has 0 radical (unpaired) electrons. The van der Waals surface area contributed by atoms with Gasteiger partial charge in [0.05, 0.1) is 17.6 Å². The fraction of sp³-hybridized carbons (Fsp3) is 0.105. The molecule has 6 heteroatoms. The number of rotatable bonds is 3. The van der Waals surface area contributed by atoms with E-state index in [0.717, 1.165) is 22.3 Å². The first kappa shape index (κ1) is 15.1. The Morgan fingerprint density at radius 3 is 2.60 bits per heavy atom. The molecule has 25 heavy (non-hydrogen) atoms. The van der Waals surface area contributed by atoms with Crippen LogP contribution in [0.1, 0.15) is 21.8 Å². The molecule has 0 unspecified atom stereocenters. The Balaban J connectivity index is 1.54. The summed E-state index contributed by atoms with van der Waals surface area (Å²) in [6.07, 6.45) is 1.69. The summed E-state index contributed by atoms with van der Waals surface area (Å²) in [7, 11) is 0. The van der Waals surface area contributed by atoms with Crippen molar-refractivity contribution in [3.05, 3.63) is 71.7 Å². The van der Waals surface area contributed by atoms with Crippen molar-refractivity contribution in [2.45, 2.75) is 13.8 Å². The van der Waals surface area contributed by atoms with E-state index in [-0.39, 0.29) is 11.7 Å². The van der Waals surface area contributed by atoms with Gasteiger partial charge in [-0.25, -0.2) is 4.68 Å². The molecule has 0 bridgehead atoms. The van der Waals surface area contributed by atoms with Gasteiger partial charge in [-0.1, -0.05) is 16.8 Å². The molecule has 0 aliphatic carbocycles. The lowest BCUT2D eigenvalue weighted by atomic mass is 10.2. The number of hydrogen-bond acceptors (Lipinski definition) is 4. The van der Waals surface area contributed by atoms with Gasteiger partial charge in [0.2, 0.25) is 0 Å². The van der Waals surface area contributed by atoms with E-state index in [1.165, 1.54) is 0 Å². The number of hydrogen-bond donors (Lipinski definition) is 1. The van der Waals surface area contributed by atoms with Crippen molar-refractivity contribution in [3.63, 3.8) is 0 Å². The zero-order chi connectivity index (χ0) is 17.4. The van der Waals surface area contributed by atoms with Gasteiger partial charge < -0.3 is 9.73 Å². The van der Waals surface area contributed by atoms with Gasteiger partial charge in [-0.3, -0.25) is 4.79 Å². The van der Waals surface area contributed by atoms with E-state index in [2.05, 4.69) is 15.6 Å². The number of amides is 1. The van der Waals surface area contributed by atoms with Crippen molar-refractivity contribution in [3.8, 4) is 5.69 Å². The summed E-state index contributed by atoms with van der Waals surface area (Å²) in [5.74, 6) is 0.00957. The molecule has 4 aromatic rings. The number of anilines is 1. The van der Waals surface area contributed by atoms with E-state index in [4.69, 9.17) is 4.42 Å². The van der Waals surface area contributed by atoms with Crippen LogP contribution >= 0.6 is 0 Å². The molecule has 0 saturated heterocycles. The van der Waals surface area contributed by atoms with Gasteiger partial charge in [0.1, 0.15) is 5.58 Å². The van der Waals surface area contributed by atoms with Crippen LogP contribution in [0.3, 0.4) is 0 Å². The van der Waals surface area contributed by atoms with Crippen molar-refractivity contribution >= 4 is 22.6 Å².